The summed E-state index contributed by atoms with van der Waals surface area (Å²) < 4.78 is 7.33. The fourth-order valence-electron chi connectivity index (χ4n) is 4.95. The molecule has 1 aromatic carbocycles. The third-order valence-electron chi connectivity index (χ3n) is 6.39. The van der Waals surface area contributed by atoms with Gasteiger partial charge in [0.25, 0.3) is 5.91 Å². The molecule has 1 amide bonds. The topological polar surface area (TPSA) is 51.5 Å². The molecular formula is C26H36N2O3. The maximum absolute atomic E-state index is 13.9. The largest absolute Gasteiger partial charge is 0.461 e. The lowest BCUT2D eigenvalue weighted by atomic mass is 9.92. The molecule has 0 aliphatic heterocycles. The highest BCUT2D eigenvalue weighted by Crippen LogP contribution is 2.30. The van der Waals surface area contributed by atoms with Crippen LogP contribution in [0.25, 0.3) is 0 Å². The zero-order valence-corrected chi connectivity index (χ0v) is 19.6. The molecule has 0 saturated heterocycles. The van der Waals surface area contributed by atoms with E-state index < -0.39 is 0 Å². The summed E-state index contributed by atoms with van der Waals surface area (Å²) in [7, 11) is 0. The molecule has 3 rings (SSSR count). The molecule has 5 nitrogen and oxygen atoms in total. The zero-order chi connectivity index (χ0) is 22.5. The lowest BCUT2D eigenvalue weighted by Gasteiger charge is -2.37. The molecule has 0 bridgehead atoms. The Balaban J connectivity index is 2.07. The third kappa shape index (κ3) is 4.86. The summed E-state index contributed by atoms with van der Waals surface area (Å²) in [6, 6.07) is 10.4. The maximum atomic E-state index is 13.9. The predicted molar refractivity (Wildman–Crippen MR) is 124 cm³/mol. The van der Waals surface area contributed by atoms with E-state index in [-0.39, 0.29) is 24.0 Å². The fraction of sp³-hybridized carbons (Fsp3) is 0.538. The minimum Gasteiger partial charge on any atom is -0.461 e. The quantitative estimate of drug-likeness (QED) is 0.551. The van der Waals surface area contributed by atoms with Gasteiger partial charge >= 0.3 is 5.97 Å². The average molecular weight is 425 g/mol. The Bertz CT molecular complexity index is 908. The highest BCUT2D eigenvalue weighted by Gasteiger charge is 2.34. The molecule has 2 aromatic rings. The van der Waals surface area contributed by atoms with Crippen LogP contribution in [0.15, 0.2) is 30.3 Å². The average Bonchev–Trinajstić information content (AvgIpc) is 2.99. The van der Waals surface area contributed by atoms with Crippen LogP contribution in [0, 0.1) is 13.8 Å². The van der Waals surface area contributed by atoms with Gasteiger partial charge in [0.05, 0.1) is 12.2 Å². The lowest BCUT2D eigenvalue weighted by Crippen LogP contribution is -2.46. The van der Waals surface area contributed by atoms with Crippen molar-refractivity contribution in [3.63, 3.8) is 0 Å². The first kappa shape index (κ1) is 23.1. The number of rotatable bonds is 7. The molecular weight excluding hydrogens is 388 g/mol. The second-order valence-electron chi connectivity index (χ2n) is 8.82. The van der Waals surface area contributed by atoms with E-state index in [0.29, 0.717) is 24.4 Å². The van der Waals surface area contributed by atoms with Gasteiger partial charge in [0, 0.05) is 24.3 Å². The zero-order valence-electron chi connectivity index (χ0n) is 19.6. The van der Waals surface area contributed by atoms with Crippen LogP contribution in [0.2, 0.25) is 0 Å². The van der Waals surface area contributed by atoms with Gasteiger partial charge in [-0.25, -0.2) is 4.79 Å². The summed E-state index contributed by atoms with van der Waals surface area (Å²) in [6.07, 6.45) is 5.69. The molecule has 0 atom stereocenters. The Morgan fingerprint density at radius 2 is 1.74 bits per heavy atom. The monoisotopic (exact) mass is 424 g/mol. The van der Waals surface area contributed by atoms with Gasteiger partial charge < -0.3 is 14.2 Å². The molecule has 31 heavy (non-hydrogen) atoms. The first-order valence-electron chi connectivity index (χ1n) is 11.6. The number of esters is 1. The summed E-state index contributed by atoms with van der Waals surface area (Å²) in [5, 5.41) is 0. The van der Waals surface area contributed by atoms with E-state index in [2.05, 4.69) is 18.7 Å². The summed E-state index contributed by atoms with van der Waals surface area (Å²) in [4.78, 5) is 28.8. The number of nitrogens with zero attached hydrogens (tertiary/aromatic N) is 2. The van der Waals surface area contributed by atoms with E-state index in [1.54, 1.807) is 6.92 Å². The van der Waals surface area contributed by atoms with Gasteiger partial charge in [0.2, 0.25) is 0 Å². The molecule has 5 heteroatoms. The number of hydrogen-bond donors (Lipinski definition) is 0. The standard InChI is InChI=1S/C26H36N2O3/c1-6-31-26(30)24-19(4)23(20(5)27(24)17-21-13-9-7-10-14-21)25(29)28(18(2)3)22-15-11-8-12-16-22/h7,9-10,13-14,18,22H,6,8,11-12,15-17H2,1-5H3. The normalized spacial score (nSPS) is 14.6. The number of hydrogen-bond acceptors (Lipinski definition) is 3. The highest BCUT2D eigenvalue weighted by atomic mass is 16.5. The summed E-state index contributed by atoms with van der Waals surface area (Å²) in [5.74, 6) is -0.332. The van der Waals surface area contributed by atoms with Crippen molar-refractivity contribution in [3.05, 3.63) is 58.4 Å². The van der Waals surface area contributed by atoms with Gasteiger partial charge in [-0.3, -0.25) is 4.79 Å². The number of benzene rings is 1. The third-order valence-corrected chi connectivity index (χ3v) is 6.39. The van der Waals surface area contributed by atoms with Crippen molar-refractivity contribution in [3.8, 4) is 0 Å². The van der Waals surface area contributed by atoms with Crippen molar-refractivity contribution in [2.24, 2.45) is 0 Å². The molecule has 1 heterocycles. The van der Waals surface area contributed by atoms with E-state index in [1.165, 1.54) is 19.3 Å². The van der Waals surface area contributed by atoms with Gasteiger partial charge in [0.1, 0.15) is 5.69 Å². The second-order valence-corrected chi connectivity index (χ2v) is 8.82. The summed E-state index contributed by atoms with van der Waals surface area (Å²) in [6.45, 7) is 10.6. The van der Waals surface area contributed by atoms with Crippen LogP contribution in [-0.4, -0.2) is 40.0 Å². The van der Waals surface area contributed by atoms with Crippen LogP contribution in [0.1, 0.15) is 90.5 Å². The molecule has 1 fully saturated rings. The van der Waals surface area contributed by atoms with E-state index >= 15 is 0 Å². The summed E-state index contributed by atoms with van der Waals surface area (Å²) >= 11 is 0. The second kappa shape index (κ2) is 10.2. The van der Waals surface area contributed by atoms with Crippen LogP contribution in [0.5, 0.6) is 0 Å². The van der Waals surface area contributed by atoms with Crippen molar-refractivity contribution in [2.75, 3.05) is 6.61 Å². The van der Waals surface area contributed by atoms with E-state index in [1.807, 2.05) is 48.7 Å². The Morgan fingerprint density at radius 3 is 2.32 bits per heavy atom. The van der Waals surface area contributed by atoms with Crippen LogP contribution < -0.4 is 0 Å². The van der Waals surface area contributed by atoms with Crippen molar-refractivity contribution in [1.29, 1.82) is 0 Å². The van der Waals surface area contributed by atoms with Crippen LogP contribution in [0.4, 0.5) is 0 Å². The van der Waals surface area contributed by atoms with Crippen LogP contribution in [-0.2, 0) is 11.3 Å². The van der Waals surface area contributed by atoms with Crippen LogP contribution >= 0.6 is 0 Å². The number of ether oxygens (including phenoxy) is 1. The minimum absolute atomic E-state index is 0.0364. The van der Waals surface area contributed by atoms with Gasteiger partial charge in [-0.2, -0.15) is 0 Å². The molecule has 1 aromatic heterocycles. The number of aromatic nitrogens is 1. The van der Waals surface area contributed by atoms with Gasteiger partial charge in [-0.05, 0) is 58.6 Å². The predicted octanol–water partition coefficient (Wildman–Crippen LogP) is 5.51. The first-order chi connectivity index (χ1) is 14.9. The van der Waals surface area contributed by atoms with Crippen molar-refractivity contribution in [2.45, 2.75) is 85.4 Å². The Labute approximate surface area is 186 Å². The molecule has 1 aliphatic carbocycles. The maximum Gasteiger partial charge on any atom is 0.355 e. The molecule has 168 valence electrons. The van der Waals surface area contributed by atoms with Crippen molar-refractivity contribution >= 4 is 11.9 Å². The number of amides is 1. The highest BCUT2D eigenvalue weighted by molar-refractivity contribution is 6.01. The van der Waals surface area contributed by atoms with E-state index in [4.69, 9.17) is 4.74 Å². The molecule has 0 N–H and O–H groups in total. The van der Waals surface area contributed by atoms with E-state index in [9.17, 15) is 9.59 Å². The first-order valence-corrected chi connectivity index (χ1v) is 11.6. The van der Waals surface area contributed by atoms with E-state index in [0.717, 1.165) is 29.7 Å². The number of carbonyl (C=O) groups is 2. The van der Waals surface area contributed by atoms with Crippen molar-refractivity contribution in [1.82, 2.24) is 9.47 Å². The Hall–Kier alpha value is -2.56. The Kier molecular flexibility index (Phi) is 7.58. The molecule has 0 radical (unpaired) electrons. The number of carbonyl (C=O) groups excluding carboxylic acids is 2. The minimum atomic E-state index is -0.369. The van der Waals surface area contributed by atoms with Crippen LogP contribution in [0.3, 0.4) is 0 Å². The lowest BCUT2D eigenvalue weighted by molar-refractivity contribution is 0.0512. The Morgan fingerprint density at radius 1 is 1.10 bits per heavy atom. The summed E-state index contributed by atoms with van der Waals surface area (Å²) in [5.41, 5.74) is 3.77. The molecule has 1 saturated carbocycles. The molecule has 1 aliphatic rings. The van der Waals surface area contributed by atoms with Gasteiger partial charge in [-0.15, -0.1) is 0 Å². The molecule has 0 unspecified atom stereocenters. The molecule has 0 spiro atoms. The van der Waals surface area contributed by atoms with Gasteiger partial charge in [0.15, 0.2) is 0 Å². The van der Waals surface area contributed by atoms with Crippen molar-refractivity contribution < 1.29 is 14.3 Å². The fourth-order valence-corrected chi connectivity index (χ4v) is 4.95. The smallest absolute Gasteiger partial charge is 0.355 e. The SMILES string of the molecule is CCOC(=O)c1c(C)c(C(=O)N(C(C)C)C2CCCCC2)c(C)n1Cc1ccccc1. The van der Waals surface area contributed by atoms with Gasteiger partial charge in [-0.1, -0.05) is 49.6 Å².